The topological polar surface area (TPSA) is 49.8 Å². The Hall–Kier alpha value is -1.26. The lowest BCUT2D eigenvalue weighted by Gasteiger charge is -2.22. The highest BCUT2D eigenvalue weighted by Crippen LogP contribution is 2.19. The first-order valence-corrected chi connectivity index (χ1v) is 6.37. The van der Waals surface area contributed by atoms with E-state index in [1.54, 1.807) is 29.2 Å². The quantitative estimate of drug-likeness (QED) is 0.905. The summed E-state index contributed by atoms with van der Waals surface area (Å²) in [4.78, 5) is 13.6. The van der Waals surface area contributed by atoms with Crippen molar-refractivity contribution in [2.45, 2.75) is 18.9 Å². The molecule has 1 aromatic rings. The van der Waals surface area contributed by atoms with Crippen molar-refractivity contribution in [3.8, 4) is 5.75 Å². The first kappa shape index (κ1) is 13.2. The molecule has 98 valence electrons. The second-order valence-corrected chi connectivity index (χ2v) is 4.75. The summed E-state index contributed by atoms with van der Waals surface area (Å²) < 4.78 is 5.40. The van der Waals surface area contributed by atoms with E-state index >= 15 is 0 Å². The van der Waals surface area contributed by atoms with Crippen LogP contribution in [0.5, 0.6) is 5.75 Å². The number of hydrogen-bond acceptors (Lipinski definition) is 3. The maximum atomic E-state index is 11.9. The SMILES string of the molecule is O=C(COc1cccc(Cl)c1)N1CCC[C@H]1CO. The molecule has 2 rings (SSSR count). The first-order valence-electron chi connectivity index (χ1n) is 5.99. The van der Waals surface area contributed by atoms with Crippen molar-refractivity contribution in [2.75, 3.05) is 19.8 Å². The van der Waals surface area contributed by atoms with Crippen LogP contribution in [0.1, 0.15) is 12.8 Å². The van der Waals surface area contributed by atoms with Gasteiger partial charge in [-0.1, -0.05) is 17.7 Å². The number of aliphatic hydroxyl groups excluding tert-OH is 1. The molecule has 0 radical (unpaired) electrons. The lowest BCUT2D eigenvalue weighted by atomic mass is 10.2. The molecule has 1 aromatic carbocycles. The zero-order chi connectivity index (χ0) is 13.0. The van der Waals surface area contributed by atoms with Gasteiger partial charge in [0.2, 0.25) is 0 Å². The van der Waals surface area contributed by atoms with Crippen molar-refractivity contribution >= 4 is 17.5 Å². The van der Waals surface area contributed by atoms with Gasteiger partial charge in [0, 0.05) is 11.6 Å². The van der Waals surface area contributed by atoms with Crippen molar-refractivity contribution in [3.63, 3.8) is 0 Å². The number of aliphatic hydroxyl groups is 1. The molecule has 1 aliphatic rings. The number of rotatable bonds is 4. The van der Waals surface area contributed by atoms with E-state index in [4.69, 9.17) is 21.4 Å². The number of halogens is 1. The van der Waals surface area contributed by atoms with Gasteiger partial charge in [-0.3, -0.25) is 4.79 Å². The minimum absolute atomic E-state index is 0.0168. The lowest BCUT2D eigenvalue weighted by molar-refractivity contribution is -0.134. The smallest absolute Gasteiger partial charge is 0.260 e. The number of ether oxygens (including phenoxy) is 1. The number of carbonyl (C=O) groups is 1. The van der Waals surface area contributed by atoms with Crippen LogP contribution >= 0.6 is 11.6 Å². The summed E-state index contributed by atoms with van der Waals surface area (Å²) >= 11 is 5.82. The van der Waals surface area contributed by atoms with E-state index in [0.29, 0.717) is 17.3 Å². The normalized spacial score (nSPS) is 19.0. The molecule has 0 spiro atoms. The number of amides is 1. The van der Waals surface area contributed by atoms with Crippen molar-refractivity contribution in [3.05, 3.63) is 29.3 Å². The Morgan fingerprint density at radius 2 is 2.39 bits per heavy atom. The molecule has 1 saturated heterocycles. The van der Waals surface area contributed by atoms with Crippen LogP contribution < -0.4 is 4.74 Å². The van der Waals surface area contributed by atoms with Crippen LogP contribution in [0.25, 0.3) is 0 Å². The van der Waals surface area contributed by atoms with Gasteiger partial charge in [0.05, 0.1) is 12.6 Å². The molecule has 1 heterocycles. The van der Waals surface area contributed by atoms with Gasteiger partial charge in [0.15, 0.2) is 6.61 Å². The van der Waals surface area contributed by atoms with Crippen LogP contribution in [0.15, 0.2) is 24.3 Å². The van der Waals surface area contributed by atoms with Crippen LogP contribution in [-0.4, -0.2) is 41.7 Å². The van der Waals surface area contributed by atoms with Crippen molar-refractivity contribution < 1.29 is 14.6 Å². The van der Waals surface area contributed by atoms with E-state index < -0.39 is 0 Å². The minimum atomic E-state index is -0.0912. The van der Waals surface area contributed by atoms with Crippen LogP contribution in [0, 0.1) is 0 Å². The minimum Gasteiger partial charge on any atom is -0.484 e. The molecule has 5 heteroatoms. The van der Waals surface area contributed by atoms with E-state index in [1.165, 1.54) is 0 Å². The second kappa shape index (κ2) is 6.07. The van der Waals surface area contributed by atoms with Gasteiger partial charge in [-0.15, -0.1) is 0 Å². The summed E-state index contributed by atoms with van der Waals surface area (Å²) in [5.41, 5.74) is 0. The third kappa shape index (κ3) is 3.15. The summed E-state index contributed by atoms with van der Waals surface area (Å²) in [5, 5.41) is 9.73. The predicted molar refractivity (Wildman–Crippen MR) is 68.8 cm³/mol. The van der Waals surface area contributed by atoms with Crippen LogP contribution in [0.3, 0.4) is 0 Å². The molecule has 1 fully saturated rings. The lowest BCUT2D eigenvalue weighted by Crippen LogP contribution is -2.40. The highest BCUT2D eigenvalue weighted by molar-refractivity contribution is 6.30. The Morgan fingerprint density at radius 3 is 3.11 bits per heavy atom. The molecule has 1 N–H and O–H groups in total. The Balaban J connectivity index is 1.88. The molecule has 0 aliphatic carbocycles. The van der Waals surface area contributed by atoms with Gasteiger partial charge in [0.1, 0.15) is 5.75 Å². The highest BCUT2D eigenvalue weighted by Gasteiger charge is 2.28. The Bertz CT molecular complexity index is 424. The van der Waals surface area contributed by atoms with Gasteiger partial charge in [-0.05, 0) is 31.0 Å². The molecule has 4 nitrogen and oxygen atoms in total. The van der Waals surface area contributed by atoms with E-state index in [0.717, 1.165) is 12.8 Å². The largest absolute Gasteiger partial charge is 0.484 e. The number of carbonyl (C=O) groups excluding carboxylic acids is 1. The third-order valence-electron chi connectivity index (χ3n) is 3.07. The summed E-state index contributed by atoms with van der Waals surface area (Å²) in [6.45, 7) is 0.697. The average Bonchev–Trinajstić information content (AvgIpc) is 2.84. The Labute approximate surface area is 111 Å². The van der Waals surface area contributed by atoms with E-state index in [2.05, 4.69) is 0 Å². The first-order chi connectivity index (χ1) is 8.70. The fraction of sp³-hybridized carbons (Fsp3) is 0.462. The molecular formula is C13H16ClNO3. The van der Waals surface area contributed by atoms with Crippen LogP contribution in [0.4, 0.5) is 0 Å². The fourth-order valence-electron chi connectivity index (χ4n) is 2.14. The number of nitrogens with zero attached hydrogens (tertiary/aromatic N) is 1. The zero-order valence-corrected chi connectivity index (χ0v) is 10.8. The maximum Gasteiger partial charge on any atom is 0.260 e. The Kier molecular flexibility index (Phi) is 4.44. The third-order valence-corrected chi connectivity index (χ3v) is 3.30. The number of likely N-dealkylation sites (tertiary alicyclic amines) is 1. The summed E-state index contributed by atoms with van der Waals surface area (Å²) in [5.74, 6) is 0.488. The van der Waals surface area contributed by atoms with Gasteiger partial charge >= 0.3 is 0 Å². The van der Waals surface area contributed by atoms with Gasteiger partial charge in [-0.25, -0.2) is 0 Å². The van der Waals surface area contributed by atoms with Crippen molar-refractivity contribution in [2.24, 2.45) is 0 Å². The molecule has 1 aliphatic heterocycles. The zero-order valence-electron chi connectivity index (χ0n) is 10.0. The maximum absolute atomic E-state index is 11.9. The van der Waals surface area contributed by atoms with Crippen LogP contribution in [0.2, 0.25) is 5.02 Å². The van der Waals surface area contributed by atoms with Gasteiger partial charge in [0.25, 0.3) is 5.91 Å². The van der Waals surface area contributed by atoms with Crippen molar-refractivity contribution in [1.29, 1.82) is 0 Å². The fourth-order valence-corrected chi connectivity index (χ4v) is 2.32. The molecule has 0 bridgehead atoms. The van der Waals surface area contributed by atoms with Gasteiger partial charge in [-0.2, -0.15) is 0 Å². The summed E-state index contributed by atoms with van der Waals surface area (Å²) in [7, 11) is 0. The molecule has 0 aromatic heterocycles. The molecule has 0 unspecified atom stereocenters. The van der Waals surface area contributed by atoms with E-state index in [-0.39, 0.29) is 25.2 Å². The molecular weight excluding hydrogens is 254 g/mol. The summed E-state index contributed by atoms with van der Waals surface area (Å²) in [6, 6.07) is 6.89. The molecule has 1 amide bonds. The molecule has 18 heavy (non-hydrogen) atoms. The molecule has 0 saturated carbocycles. The number of hydrogen-bond donors (Lipinski definition) is 1. The van der Waals surface area contributed by atoms with Crippen LogP contribution in [-0.2, 0) is 4.79 Å². The van der Waals surface area contributed by atoms with Gasteiger partial charge < -0.3 is 14.7 Å². The predicted octanol–water partition coefficient (Wildman–Crippen LogP) is 1.70. The second-order valence-electron chi connectivity index (χ2n) is 4.31. The number of benzene rings is 1. The standard InChI is InChI=1S/C13H16ClNO3/c14-10-3-1-5-12(7-10)18-9-13(17)15-6-2-4-11(15)8-16/h1,3,5,7,11,16H,2,4,6,8-9H2/t11-/m0/s1. The monoisotopic (exact) mass is 269 g/mol. The summed E-state index contributed by atoms with van der Waals surface area (Å²) in [6.07, 6.45) is 1.80. The van der Waals surface area contributed by atoms with Crippen molar-refractivity contribution in [1.82, 2.24) is 4.90 Å². The highest BCUT2D eigenvalue weighted by atomic mass is 35.5. The average molecular weight is 270 g/mol. The Morgan fingerprint density at radius 1 is 1.56 bits per heavy atom. The van der Waals surface area contributed by atoms with E-state index in [9.17, 15) is 4.79 Å². The molecule has 1 atom stereocenters. The van der Waals surface area contributed by atoms with E-state index in [1.807, 2.05) is 0 Å².